The summed E-state index contributed by atoms with van der Waals surface area (Å²) in [5, 5.41) is 2.45. The molecule has 0 aliphatic carbocycles. The van der Waals surface area contributed by atoms with Crippen LogP contribution >= 0.6 is 0 Å². The molecule has 0 bridgehead atoms. The highest BCUT2D eigenvalue weighted by atomic mass is 28.4. The van der Waals surface area contributed by atoms with Crippen LogP contribution in [0.4, 0.5) is 5.82 Å². The monoisotopic (exact) mass is 661 g/mol. The molecule has 11 nitrogen and oxygen atoms in total. The van der Waals surface area contributed by atoms with E-state index in [2.05, 4.69) is 78.0 Å². The average Bonchev–Trinajstić information content (AvgIpc) is 3.26. The van der Waals surface area contributed by atoms with Crippen molar-refractivity contribution in [2.75, 3.05) is 32.2 Å². The third kappa shape index (κ3) is 8.85. The minimum absolute atomic E-state index is 0.0271. The third-order valence-corrected chi connectivity index (χ3v) is 18.1. The largest absolute Gasteiger partial charge is 0.414 e. The number of aldehydes is 1. The van der Waals surface area contributed by atoms with Gasteiger partial charge in [-0.05, 0) is 48.4 Å². The molecule has 0 unspecified atom stereocenters. The lowest BCUT2D eigenvalue weighted by Gasteiger charge is -2.41. The van der Waals surface area contributed by atoms with Crippen molar-refractivity contribution in [2.45, 2.75) is 102 Å². The summed E-state index contributed by atoms with van der Waals surface area (Å²) in [5.41, 5.74) is -0.414. The van der Waals surface area contributed by atoms with Crippen molar-refractivity contribution in [3.8, 4) is 0 Å². The summed E-state index contributed by atoms with van der Waals surface area (Å²) in [6.07, 6.45) is -2.51. The molecule has 250 valence electrons. The number of rotatable bonds is 13. The van der Waals surface area contributed by atoms with Gasteiger partial charge in [0.15, 0.2) is 29.1 Å². The highest BCUT2D eigenvalue weighted by Crippen LogP contribution is 2.43. The van der Waals surface area contributed by atoms with Crippen LogP contribution in [0.15, 0.2) is 41.2 Å². The molecule has 1 aliphatic heterocycles. The maximum atomic E-state index is 13.6. The Kier molecular flexibility index (Phi) is 11.9. The molecule has 45 heavy (non-hydrogen) atoms. The smallest absolute Gasteiger partial charge is 0.352 e. The van der Waals surface area contributed by atoms with Crippen molar-refractivity contribution in [3.63, 3.8) is 0 Å². The zero-order valence-corrected chi connectivity index (χ0v) is 30.6. The van der Waals surface area contributed by atoms with Gasteiger partial charge < -0.3 is 28.4 Å². The molecule has 1 fully saturated rings. The van der Waals surface area contributed by atoms with Gasteiger partial charge in [0, 0.05) is 18.7 Å². The quantitative estimate of drug-likeness (QED) is 0.165. The summed E-state index contributed by atoms with van der Waals surface area (Å²) in [7, 11) is -3.01. The van der Waals surface area contributed by atoms with Gasteiger partial charge in [-0.15, -0.1) is 0 Å². The molecule has 1 aromatic carbocycles. The Bertz CT molecular complexity index is 1370. The number of amides is 1. The summed E-state index contributed by atoms with van der Waals surface area (Å²) in [4.78, 5) is 42.9. The maximum Gasteiger partial charge on any atom is 0.352 e. The fourth-order valence-electron chi connectivity index (χ4n) is 4.36. The second-order valence-corrected chi connectivity index (χ2v) is 24.0. The first-order valence-corrected chi connectivity index (χ1v) is 21.2. The van der Waals surface area contributed by atoms with Crippen LogP contribution in [0.1, 0.15) is 68.6 Å². The molecular formula is C32H51N3O8Si2. The summed E-state index contributed by atoms with van der Waals surface area (Å²) in [5.74, 6) is -0.505. The molecule has 0 radical (unpaired) electrons. The van der Waals surface area contributed by atoms with Crippen molar-refractivity contribution in [1.82, 2.24) is 9.55 Å². The molecule has 2 heterocycles. The molecule has 0 spiro atoms. The van der Waals surface area contributed by atoms with E-state index < -0.39 is 52.8 Å². The normalized spacial score (nSPS) is 21.1. The maximum absolute atomic E-state index is 13.6. The summed E-state index contributed by atoms with van der Waals surface area (Å²) >= 11 is 0. The van der Waals surface area contributed by atoms with E-state index in [-0.39, 0.29) is 34.8 Å². The Labute approximate surface area is 269 Å². The predicted octanol–water partition coefficient (Wildman–Crippen LogP) is 5.65. The highest BCUT2D eigenvalue weighted by Gasteiger charge is 2.53. The van der Waals surface area contributed by atoms with Crippen LogP contribution in [-0.4, -0.2) is 83.6 Å². The minimum atomic E-state index is -2.39. The number of nitrogens with one attached hydrogen (secondary N) is 1. The lowest BCUT2D eigenvalue weighted by Crippen LogP contribution is -2.52. The molecular weight excluding hydrogens is 611 g/mol. The average molecular weight is 662 g/mol. The zero-order chi connectivity index (χ0) is 33.8. The lowest BCUT2D eigenvalue weighted by molar-refractivity contribution is -0.0813. The zero-order valence-electron chi connectivity index (χ0n) is 28.6. The van der Waals surface area contributed by atoms with E-state index in [4.69, 9.17) is 23.1 Å². The number of nitrogens with zero attached hydrogens (tertiary/aromatic N) is 2. The Morgan fingerprint density at radius 1 is 1.00 bits per heavy atom. The van der Waals surface area contributed by atoms with Crippen LogP contribution < -0.4 is 11.0 Å². The number of anilines is 1. The standard InChI is InChI=1S/C32H51N3O8Si2/c1-31(2,3)44(8,9)41-21-24-26(43-45(10,11)32(4,5)6)27(40-18-17-39-7)29(42-24)35-23(20-36)19-25(34-30(35)38)33-28(37)22-15-13-12-14-16-22/h12-16,19-20,24,26-27,29H,17-18,21H2,1-11H3,(H,33,34,37,38)/t24-,26-,27-,29-/m1/s1. The van der Waals surface area contributed by atoms with E-state index in [1.54, 1.807) is 37.4 Å². The Morgan fingerprint density at radius 3 is 2.18 bits per heavy atom. The molecule has 2 aromatic rings. The van der Waals surface area contributed by atoms with Crippen molar-refractivity contribution >= 4 is 34.6 Å². The van der Waals surface area contributed by atoms with Crippen LogP contribution in [-0.2, 0) is 23.1 Å². The van der Waals surface area contributed by atoms with E-state index in [1.807, 2.05) is 0 Å². The minimum Gasteiger partial charge on any atom is -0.414 e. The number of ether oxygens (including phenoxy) is 3. The van der Waals surface area contributed by atoms with Gasteiger partial charge in [0.05, 0.1) is 25.5 Å². The van der Waals surface area contributed by atoms with E-state index in [1.165, 1.54) is 10.6 Å². The third-order valence-electron chi connectivity index (χ3n) is 9.17. The van der Waals surface area contributed by atoms with Crippen molar-refractivity contribution in [3.05, 3.63) is 58.1 Å². The van der Waals surface area contributed by atoms with Crippen molar-refractivity contribution < 1.29 is 32.7 Å². The second kappa shape index (κ2) is 14.5. The molecule has 1 aromatic heterocycles. The Hall–Kier alpha value is -2.53. The number of hydrogen-bond acceptors (Lipinski definition) is 9. The molecule has 1 saturated heterocycles. The van der Waals surface area contributed by atoms with Crippen LogP contribution in [0.25, 0.3) is 0 Å². The molecule has 4 atom stereocenters. The van der Waals surface area contributed by atoms with Crippen molar-refractivity contribution in [2.24, 2.45) is 0 Å². The second-order valence-electron chi connectivity index (χ2n) is 14.5. The first-order valence-electron chi connectivity index (χ1n) is 15.4. The Balaban J connectivity index is 2.07. The molecule has 13 heteroatoms. The number of benzene rings is 1. The molecule has 0 saturated carbocycles. The topological polar surface area (TPSA) is 127 Å². The van der Waals surface area contributed by atoms with Gasteiger partial charge >= 0.3 is 5.69 Å². The summed E-state index contributed by atoms with van der Waals surface area (Å²) in [6.45, 7) is 22.3. The number of carbonyl (C=O) groups excluding carboxylic acids is 2. The van der Waals surface area contributed by atoms with E-state index in [9.17, 15) is 14.4 Å². The van der Waals surface area contributed by atoms with Gasteiger partial charge in [-0.2, -0.15) is 4.98 Å². The molecule has 1 amide bonds. The first kappa shape index (κ1) is 36.9. The van der Waals surface area contributed by atoms with E-state index >= 15 is 0 Å². The number of aromatic nitrogens is 2. The molecule has 1 N–H and O–H groups in total. The predicted molar refractivity (Wildman–Crippen MR) is 179 cm³/mol. The van der Waals surface area contributed by atoms with Gasteiger partial charge in [-0.3, -0.25) is 14.2 Å². The Morgan fingerprint density at radius 2 is 1.62 bits per heavy atom. The van der Waals surface area contributed by atoms with Crippen LogP contribution in [0.5, 0.6) is 0 Å². The summed E-state index contributed by atoms with van der Waals surface area (Å²) in [6, 6.07) is 9.88. The van der Waals surface area contributed by atoms with E-state index in [0.29, 0.717) is 18.5 Å². The van der Waals surface area contributed by atoms with Gasteiger partial charge in [0.1, 0.15) is 24.1 Å². The number of carbonyl (C=O) groups is 2. The van der Waals surface area contributed by atoms with Gasteiger partial charge in [-0.1, -0.05) is 59.7 Å². The van der Waals surface area contributed by atoms with Crippen LogP contribution in [0.3, 0.4) is 0 Å². The first-order chi connectivity index (χ1) is 20.8. The fourth-order valence-corrected chi connectivity index (χ4v) is 6.69. The van der Waals surface area contributed by atoms with Crippen LogP contribution in [0.2, 0.25) is 36.3 Å². The van der Waals surface area contributed by atoms with Gasteiger partial charge in [-0.25, -0.2) is 4.79 Å². The van der Waals surface area contributed by atoms with E-state index in [0.717, 1.165) is 0 Å². The molecule has 1 aliphatic rings. The SMILES string of the molecule is COCCO[C@@H]1[C@H](O[Si](C)(C)C(C)(C)C)[C@@H](CO[Si](C)(C)C(C)(C)C)O[C@H]1n1c(C=O)cc(NC(=O)c2ccccc2)nc1=O. The number of hydrogen-bond donors (Lipinski definition) is 1. The fraction of sp³-hybridized carbons (Fsp3) is 0.625. The van der Waals surface area contributed by atoms with Gasteiger partial charge in [0.25, 0.3) is 5.91 Å². The summed E-state index contributed by atoms with van der Waals surface area (Å²) < 4.78 is 32.9. The highest BCUT2D eigenvalue weighted by molar-refractivity contribution is 6.74. The number of methoxy groups -OCH3 is 1. The lowest BCUT2D eigenvalue weighted by atomic mass is 10.1. The van der Waals surface area contributed by atoms with Crippen molar-refractivity contribution in [1.29, 1.82) is 0 Å². The molecule has 3 rings (SSSR count). The van der Waals surface area contributed by atoms with Crippen LogP contribution in [0, 0.1) is 0 Å². The van der Waals surface area contributed by atoms with Gasteiger partial charge in [0.2, 0.25) is 0 Å².